The molecule has 0 radical (unpaired) electrons. The normalized spacial score (nSPS) is 16.4. The van der Waals surface area contributed by atoms with E-state index in [1.54, 1.807) is 0 Å². The van der Waals surface area contributed by atoms with Crippen LogP contribution in [0.5, 0.6) is 5.75 Å². The van der Waals surface area contributed by atoms with Crippen molar-refractivity contribution in [1.82, 2.24) is 0 Å². The van der Waals surface area contributed by atoms with E-state index in [-0.39, 0.29) is 18.4 Å². The third-order valence-electron chi connectivity index (χ3n) is 3.70. The van der Waals surface area contributed by atoms with Crippen LogP contribution in [-0.2, 0) is 19.7 Å². The minimum absolute atomic E-state index is 0.00245. The zero-order valence-corrected chi connectivity index (χ0v) is 14.2. The van der Waals surface area contributed by atoms with Gasteiger partial charge in [-0.25, -0.2) is 16.8 Å². The highest BCUT2D eigenvalue weighted by Gasteiger charge is 2.40. The van der Waals surface area contributed by atoms with Gasteiger partial charge in [0, 0.05) is 0 Å². The molecule has 138 valence electrons. The molecule has 25 heavy (non-hydrogen) atoms. The lowest BCUT2D eigenvalue weighted by molar-refractivity contribution is -0.276. The maximum absolute atomic E-state index is 12.7. The van der Waals surface area contributed by atoms with Gasteiger partial charge in [-0.3, -0.25) is 0 Å². The van der Waals surface area contributed by atoms with Crippen LogP contribution < -0.4 is 4.74 Å². The standard InChI is InChI=1S/C13H13F3N2O5S2/c14-13(15,16)23-12-10(24(19,20)8-18-17)6-3-7-11(12)25(21,22)9-4-1-2-5-9/h3,6-9H,1-2,4-5H2. The van der Waals surface area contributed by atoms with Gasteiger partial charge in [-0.05, 0) is 25.0 Å². The Kier molecular flexibility index (Phi) is 5.26. The van der Waals surface area contributed by atoms with E-state index in [2.05, 4.69) is 9.53 Å². The Morgan fingerprint density at radius 3 is 2.20 bits per heavy atom. The topological polar surface area (TPSA) is 114 Å². The van der Waals surface area contributed by atoms with Crippen molar-refractivity contribution in [3.8, 4) is 5.75 Å². The van der Waals surface area contributed by atoms with E-state index in [0.29, 0.717) is 12.8 Å². The molecular formula is C13H13F3N2O5S2. The fraction of sp³-hybridized carbons (Fsp3) is 0.462. The molecule has 0 amide bonds. The Morgan fingerprint density at radius 2 is 1.68 bits per heavy atom. The van der Waals surface area contributed by atoms with Crippen LogP contribution in [0.1, 0.15) is 25.7 Å². The fourth-order valence-electron chi connectivity index (χ4n) is 2.66. The number of para-hydroxylation sites is 1. The van der Waals surface area contributed by atoms with Crippen LogP contribution in [0, 0.1) is 0 Å². The zero-order chi connectivity index (χ0) is 18.9. The molecule has 7 nitrogen and oxygen atoms in total. The lowest BCUT2D eigenvalue weighted by Gasteiger charge is -2.18. The van der Waals surface area contributed by atoms with Crippen molar-refractivity contribution in [3.05, 3.63) is 23.7 Å². The summed E-state index contributed by atoms with van der Waals surface area (Å²) < 4.78 is 91.3. The van der Waals surface area contributed by atoms with Crippen LogP contribution in [0.2, 0.25) is 0 Å². The summed E-state index contributed by atoms with van der Waals surface area (Å²) in [7, 11) is -8.89. The van der Waals surface area contributed by atoms with Crippen molar-refractivity contribution >= 4 is 25.2 Å². The number of sulfone groups is 2. The minimum Gasteiger partial charge on any atom is -0.403 e. The molecule has 0 atom stereocenters. The summed E-state index contributed by atoms with van der Waals surface area (Å²) in [4.78, 5) is 0.380. The number of alkyl halides is 3. The van der Waals surface area contributed by atoms with Crippen LogP contribution in [0.4, 0.5) is 13.2 Å². The molecule has 2 rings (SSSR count). The maximum Gasteiger partial charge on any atom is 0.573 e. The van der Waals surface area contributed by atoms with Gasteiger partial charge in [0.2, 0.25) is 0 Å². The molecule has 0 saturated heterocycles. The molecule has 0 aromatic heterocycles. The van der Waals surface area contributed by atoms with E-state index >= 15 is 0 Å². The Morgan fingerprint density at radius 1 is 1.12 bits per heavy atom. The number of halogens is 3. The summed E-state index contributed by atoms with van der Waals surface area (Å²) in [5, 5.41) is -0.910. The van der Waals surface area contributed by atoms with Crippen molar-refractivity contribution < 1.29 is 39.5 Å². The first-order valence-electron chi connectivity index (χ1n) is 7.04. The Balaban J connectivity index is 2.74. The van der Waals surface area contributed by atoms with Crippen molar-refractivity contribution in [3.63, 3.8) is 0 Å². The molecular weight excluding hydrogens is 385 g/mol. The van der Waals surface area contributed by atoms with Gasteiger partial charge >= 0.3 is 11.9 Å². The van der Waals surface area contributed by atoms with E-state index in [0.717, 1.165) is 18.2 Å². The average molecular weight is 398 g/mol. The fourth-order valence-corrected chi connectivity index (χ4v) is 5.63. The highest BCUT2D eigenvalue weighted by atomic mass is 32.2. The van der Waals surface area contributed by atoms with E-state index in [1.807, 2.05) is 0 Å². The molecule has 0 spiro atoms. The van der Waals surface area contributed by atoms with Crippen molar-refractivity contribution in [2.24, 2.45) is 0 Å². The Bertz CT molecular complexity index is 913. The van der Waals surface area contributed by atoms with Gasteiger partial charge in [-0.15, -0.1) is 13.2 Å². The monoisotopic (exact) mass is 398 g/mol. The van der Waals surface area contributed by atoms with Gasteiger partial charge in [-0.1, -0.05) is 18.9 Å². The second-order valence-electron chi connectivity index (χ2n) is 5.35. The predicted molar refractivity (Wildman–Crippen MR) is 79.4 cm³/mol. The molecule has 0 bridgehead atoms. The SMILES string of the molecule is [N-]=[N+]=CS(=O)(=O)c1cccc(S(=O)(=O)C2CCCC2)c1OC(F)(F)F. The number of rotatable bonds is 5. The van der Waals surface area contributed by atoms with Gasteiger partial charge in [0.1, 0.15) is 9.79 Å². The van der Waals surface area contributed by atoms with E-state index in [9.17, 15) is 30.0 Å². The number of hydrogen-bond acceptors (Lipinski definition) is 5. The van der Waals surface area contributed by atoms with Crippen LogP contribution in [0.15, 0.2) is 28.0 Å². The molecule has 0 N–H and O–H groups in total. The summed E-state index contributed by atoms with van der Waals surface area (Å²) in [6, 6.07) is 2.60. The Hall–Kier alpha value is -1.91. The first-order valence-corrected chi connectivity index (χ1v) is 10.1. The molecule has 1 saturated carbocycles. The molecule has 12 heteroatoms. The quantitative estimate of drug-likeness (QED) is 0.327. The van der Waals surface area contributed by atoms with Crippen molar-refractivity contribution in [2.45, 2.75) is 47.1 Å². The first-order chi connectivity index (χ1) is 11.5. The third kappa shape index (κ3) is 4.20. The molecule has 0 heterocycles. The smallest absolute Gasteiger partial charge is 0.403 e. The van der Waals surface area contributed by atoms with Crippen molar-refractivity contribution in [1.29, 1.82) is 0 Å². The van der Waals surface area contributed by atoms with Gasteiger partial charge in [0.15, 0.2) is 15.6 Å². The number of benzene rings is 1. The summed E-state index contributed by atoms with van der Waals surface area (Å²) in [5.74, 6) is -1.35. The minimum atomic E-state index is -5.32. The summed E-state index contributed by atoms with van der Waals surface area (Å²) in [5.41, 5.74) is 8.39. The largest absolute Gasteiger partial charge is 0.573 e. The van der Waals surface area contributed by atoms with Gasteiger partial charge in [-0.2, -0.15) is 4.79 Å². The second kappa shape index (κ2) is 6.77. The third-order valence-corrected chi connectivity index (χ3v) is 7.29. The highest BCUT2D eigenvalue weighted by Crippen LogP contribution is 2.39. The molecule has 0 aliphatic heterocycles. The first kappa shape index (κ1) is 19.4. The summed E-state index contributed by atoms with van der Waals surface area (Å²) in [6.45, 7) is 0. The lowest BCUT2D eigenvalue weighted by Crippen LogP contribution is -2.24. The summed E-state index contributed by atoms with van der Waals surface area (Å²) in [6.07, 6.45) is -3.57. The molecule has 1 fully saturated rings. The predicted octanol–water partition coefficient (Wildman–Crippen LogP) is 2.33. The van der Waals surface area contributed by atoms with E-state index in [1.165, 1.54) is 0 Å². The van der Waals surface area contributed by atoms with E-state index < -0.39 is 46.8 Å². The van der Waals surface area contributed by atoms with Gasteiger partial charge < -0.3 is 10.3 Å². The second-order valence-corrected chi connectivity index (χ2v) is 9.29. The molecule has 1 aromatic carbocycles. The maximum atomic E-state index is 12.7. The van der Waals surface area contributed by atoms with Crippen molar-refractivity contribution in [2.75, 3.05) is 0 Å². The van der Waals surface area contributed by atoms with Gasteiger partial charge in [0.25, 0.3) is 9.84 Å². The average Bonchev–Trinajstić information content (AvgIpc) is 3.00. The Labute approximate surface area is 141 Å². The van der Waals surface area contributed by atoms with Crippen LogP contribution in [-0.4, -0.2) is 38.8 Å². The number of nitrogens with zero attached hydrogens (tertiary/aromatic N) is 2. The molecule has 1 aliphatic rings. The van der Waals surface area contributed by atoms with Crippen LogP contribution in [0.3, 0.4) is 0 Å². The molecule has 1 aliphatic carbocycles. The number of hydrogen-bond donors (Lipinski definition) is 0. The van der Waals surface area contributed by atoms with Crippen LogP contribution >= 0.6 is 0 Å². The zero-order valence-electron chi connectivity index (χ0n) is 12.6. The summed E-state index contributed by atoms with van der Waals surface area (Å²) >= 11 is 0. The number of ether oxygens (including phenoxy) is 1. The molecule has 0 unspecified atom stereocenters. The van der Waals surface area contributed by atoms with Crippen LogP contribution in [0.25, 0.3) is 5.53 Å². The highest BCUT2D eigenvalue weighted by molar-refractivity contribution is 8.04. The molecule has 1 aromatic rings. The van der Waals surface area contributed by atoms with E-state index in [4.69, 9.17) is 5.53 Å². The lowest BCUT2D eigenvalue weighted by atomic mass is 10.3. The van der Waals surface area contributed by atoms with Gasteiger partial charge in [0.05, 0.1) is 5.25 Å².